The number of likely N-dealkylation sites (tertiary alicyclic amines) is 1. The Labute approximate surface area is 324 Å². The summed E-state index contributed by atoms with van der Waals surface area (Å²) in [7, 11) is 0. The van der Waals surface area contributed by atoms with Gasteiger partial charge in [-0.05, 0) is 100 Å². The molecule has 3 unspecified atom stereocenters. The van der Waals surface area contributed by atoms with Crippen LogP contribution in [0.1, 0.15) is 108 Å². The Kier molecular flexibility index (Phi) is 10.7. The van der Waals surface area contributed by atoms with E-state index in [2.05, 4.69) is 74.9 Å². The van der Waals surface area contributed by atoms with Crippen molar-refractivity contribution in [2.24, 2.45) is 0 Å². The van der Waals surface area contributed by atoms with Crippen LogP contribution in [0.5, 0.6) is 11.5 Å². The first-order chi connectivity index (χ1) is 26.7. The number of hydrogen-bond donors (Lipinski definition) is 2. The van der Waals surface area contributed by atoms with Crippen LogP contribution in [0.25, 0.3) is 11.3 Å². The van der Waals surface area contributed by atoms with E-state index in [9.17, 15) is 4.79 Å². The Hall–Kier alpha value is -5.10. The number of anilines is 2. The van der Waals surface area contributed by atoms with E-state index in [0.717, 1.165) is 97.5 Å². The van der Waals surface area contributed by atoms with Crippen molar-refractivity contribution in [2.45, 2.75) is 103 Å². The Bertz CT molecular complexity index is 2100. The number of nitrogens with zero attached hydrogens (tertiary/aromatic N) is 7. The van der Waals surface area contributed by atoms with Gasteiger partial charge >= 0.3 is 6.03 Å². The van der Waals surface area contributed by atoms with Gasteiger partial charge in [-0.25, -0.2) is 9.48 Å². The van der Waals surface area contributed by atoms with Crippen molar-refractivity contribution in [3.8, 4) is 17.2 Å². The van der Waals surface area contributed by atoms with Gasteiger partial charge in [-0.1, -0.05) is 57.5 Å². The van der Waals surface area contributed by atoms with Gasteiger partial charge in [0.25, 0.3) is 0 Å². The summed E-state index contributed by atoms with van der Waals surface area (Å²) in [6.45, 7) is 13.5. The van der Waals surface area contributed by atoms with Gasteiger partial charge in [0.05, 0.1) is 23.6 Å². The number of piperidine rings is 2. The fourth-order valence-electron chi connectivity index (χ4n) is 8.23. The third-order valence-electron chi connectivity index (χ3n) is 11.3. The summed E-state index contributed by atoms with van der Waals surface area (Å²) in [5, 5.41) is 20.4. The van der Waals surface area contributed by atoms with E-state index >= 15 is 0 Å². The molecule has 55 heavy (non-hydrogen) atoms. The molecule has 2 aromatic carbocycles. The highest BCUT2D eigenvalue weighted by atomic mass is 16.5. The minimum absolute atomic E-state index is 0.159. The third-order valence-corrected chi connectivity index (χ3v) is 11.3. The molecule has 2 aliphatic heterocycles. The number of aromatic nitrogens is 5. The van der Waals surface area contributed by atoms with Crippen molar-refractivity contribution in [2.75, 3.05) is 43.0 Å². The van der Waals surface area contributed by atoms with Crippen molar-refractivity contribution >= 4 is 23.4 Å². The first-order valence-electron chi connectivity index (χ1n) is 20.2. The second-order valence-corrected chi connectivity index (χ2v) is 16.4. The van der Waals surface area contributed by atoms with Gasteiger partial charge in [0.2, 0.25) is 5.95 Å². The van der Waals surface area contributed by atoms with Crippen molar-refractivity contribution in [3.63, 3.8) is 0 Å². The van der Waals surface area contributed by atoms with E-state index in [-0.39, 0.29) is 23.6 Å². The van der Waals surface area contributed by atoms with Crippen LogP contribution in [0, 0.1) is 0 Å². The fraction of sp³-hybridized carbons (Fsp3) is 0.488. The van der Waals surface area contributed by atoms with E-state index in [4.69, 9.17) is 14.6 Å². The minimum Gasteiger partial charge on any atom is -0.492 e. The summed E-state index contributed by atoms with van der Waals surface area (Å²) >= 11 is 0. The molecule has 3 atom stereocenters. The summed E-state index contributed by atoms with van der Waals surface area (Å²) in [6, 6.07) is 22.1. The standard InChI is InChI=1S/C43H55N9O3/c1-30-13-8-11-24-50(30)42-47-46-39-21-18-33(29-51(39)42)55-37-20-19-36(34-16-6-7-17-35(34)37)44-41(53)45-40-28-38(43(2,3)4)48-52(40)31-14-12-15-32(27-31)54-26-25-49-22-9-5-10-23-49/h6-7,12,14-18,21,27-30,36-37H,5,8-11,13,19-20,22-26H2,1-4H3,(H2,44,45,53). The summed E-state index contributed by atoms with van der Waals surface area (Å²) in [5.41, 5.74) is 4.42. The molecule has 3 aliphatic rings. The van der Waals surface area contributed by atoms with Crippen LogP contribution in [-0.4, -0.2) is 74.1 Å². The molecule has 12 nitrogen and oxygen atoms in total. The lowest BCUT2D eigenvalue weighted by atomic mass is 9.85. The van der Waals surface area contributed by atoms with E-state index in [1.165, 1.54) is 25.7 Å². The van der Waals surface area contributed by atoms with Crippen LogP contribution in [0.2, 0.25) is 0 Å². The average Bonchev–Trinajstić information content (AvgIpc) is 3.81. The van der Waals surface area contributed by atoms with Crippen molar-refractivity contribution in [1.82, 2.24) is 34.6 Å². The largest absolute Gasteiger partial charge is 0.492 e. The van der Waals surface area contributed by atoms with Crippen molar-refractivity contribution in [3.05, 3.63) is 89.7 Å². The second kappa shape index (κ2) is 15.9. The number of urea groups is 1. The quantitative estimate of drug-likeness (QED) is 0.147. The predicted molar refractivity (Wildman–Crippen MR) is 216 cm³/mol. The topological polar surface area (TPSA) is 114 Å². The normalized spacial score (nSPS) is 20.6. The number of nitrogens with one attached hydrogen (secondary N) is 2. The molecule has 2 fully saturated rings. The van der Waals surface area contributed by atoms with E-state index in [0.29, 0.717) is 18.5 Å². The highest BCUT2D eigenvalue weighted by molar-refractivity contribution is 5.89. The van der Waals surface area contributed by atoms with Gasteiger partial charge in [0.15, 0.2) is 5.65 Å². The molecule has 290 valence electrons. The lowest BCUT2D eigenvalue weighted by Crippen LogP contribution is -2.38. The molecule has 0 saturated carbocycles. The van der Waals surface area contributed by atoms with Crippen molar-refractivity contribution < 1.29 is 14.3 Å². The maximum atomic E-state index is 13.8. The fourth-order valence-corrected chi connectivity index (χ4v) is 8.23. The zero-order valence-electron chi connectivity index (χ0n) is 32.7. The number of amides is 2. The summed E-state index contributed by atoms with van der Waals surface area (Å²) in [5.74, 6) is 3.02. The molecule has 8 rings (SSSR count). The Morgan fingerprint density at radius 1 is 0.855 bits per heavy atom. The summed E-state index contributed by atoms with van der Waals surface area (Å²) < 4.78 is 16.7. The lowest BCUT2D eigenvalue weighted by Gasteiger charge is -2.33. The monoisotopic (exact) mass is 745 g/mol. The molecular weight excluding hydrogens is 691 g/mol. The number of carbonyl (C=O) groups excluding carboxylic acids is 1. The third kappa shape index (κ3) is 8.29. The maximum absolute atomic E-state index is 13.8. The number of carbonyl (C=O) groups is 1. The molecule has 0 bridgehead atoms. The second-order valence-electron chi connectivity index (χ2n) is 16.4. The molecule has 0 spiro atoms. The lowest BCUT2D eigenvalue weighted by molar-refractivity contribution is 0.171. The molecule has 1 aliphatic carbocycles. The van der Waals surface area contributed by atoms with Crippen LogP contribution >= 0.6 is 0 Å². The molecular formula is C43H55N9O3. The smallest absolute Gasteiger partial charge is 0.320 e. The van der Waals surface area contributed by atoms with Gasteiger partial charge in [0.1, 0.15) is 30.0 Å². The molecule has 2 amide bonds. The van der Waals surface area contributed by atoms with Crippen LogP contribution < -0.4 is 25.0 Å². The van der Waals surface area contributed by atoms with Gasteiger partial charge in [-0.3, -0.25) is 14.6 Å². The first-order valence-corrected chi connectivity index (χ1v) is 20.2. The highest BCUT2D eigenvalue weighted by Gasteiger charge is 2.31. The molecule has 3 aromatic heterocycles. The van der Waals surface area contributed by atoms with Crippen molar-refractivity contribution in [1.29, 1.82) is 0 Å². The Morgan fingerprint density at radius 3 is 2.49 bits per heavy atom. The number of benzene rings is 2. The van der Waals surface area contributed by atoms with E-state index < -0.39 is 0 Å². The molecule has 2 N–H and O–H groups in total. The maximum Gasteiger partial charge on any atom is 0.320 e. The number of ether oxygens (including phenoxy) is 2. The number of hydrogen-bond acceptors (Lipinski definition) is 8. The molecule has 0 radical (unpaired) electrons. The summed E-state index contributed by atoms with van der Waals surface area (Å²) in [6.07, 6.45) is 10.7. The van der Waals surface area contributed by atoms with E-state index in [1.54, 1.807) is 4.68 Å². The number of pyridine rings is 1. The Morgan fingerprint density at radius 2 is 1.67 bits per heavy atom. The zero-order chi connectivity index (χ0) is 37.9. The number of fused-ring (bicyclic) bond motifs is 2. The zero-order valence-corrected chi connectivity index (χ0v) is 32.7. The van der Waals surface area contributed by atoms with Crippen LogP contribution in [-0.2, 0) is 5.41 Å². The average molecular weight is 746 g/mol. The highest BCUT2D eigenvalue weighted by Crippen LogP contribution is 2.39. The Balaban J connectivity index is 0.961. The molecule has 12 heteroatoms. The van der Waals surface area contributed by atoms with Crippen LogP contribution in [0.4, 0.5) is 16.6 Å². The van der Waals surface area contributed by atoms with Gasteiger partial charge in [-0.15, -0.1) is 10.2 Å². The van der Waals surface area contributed by atoms with Crippen LogP contribution in [0.3, 0.4) is 0 Å². The molecule has 2 saturated heterocycles. The van der Waals surface area contributed by atoms with Gasteiger partial charge in [-0.2, -0.15) is 5.10 Å². The number of rotatable bonds is 10. The van der Waals surface area contributed by atoms with Gasteiger partial charge in [0, 0.05) is 36.7 Å². The molecule has 5 heterocycles. The van der Waals surface area contributed by atoms with E-state index in [1.807, 2.05) is 60.8 Å². The van der Waals surface area contributed by atoms with Crippen LogP contribution in [0.15, 0.2) is 72.9 Å². The minimum atomic E-state index is -0.285. The predicted octanol–water partition coefficient (Wildman–Crippen LogP) is 8.23. The summed E-state index contributed by atoms with van der Waals surface area (Å²) in [4.78, 5) is 18.6. The molecule has 5 aromatic rings. The SMILES string of the molecule is CC1CCCCN1c1nnc2ccc(OC3CCC(NC(=O)Nc4cc(C(C)(C)C)nn4-c4cccc(OCCN5CCCCC5)c4)c4ccccc43)cn12. The van der Waals surface area contributed by atoms with Gasteiger partial charge < -0.3 is 19.7 Å². The first kappa shape index (κ1) is 36.9.